The number of halogens is 2. The number of carbonyl (C=O) groups excluding carboxylic acids is 1. The van der Waals surface area contributed by atoms with Crippen molar-refractivity contribution in [3.05, 3.63) is 64.1 Å². The van der Waals surface area contributed by atoms with E-state index in [0.717, 1.165) is 18.4 Å². The second-order valence-electron chi connectivity index (χ2n) is 5.34. The highest BCUT2D eigenvalue weighted by atomic mass is 35.5. The molecule has 21 heavy (non-hydrogen) atoms. The van der Waals surface area contributed by atoms with Crippen molar-refractivity contribution in [1.29, 1.82) is 0 Å². The zero-order chi connectivity index (χ0) is 14.8. The summed E-state index contributed by atoms with van der Waals surface area (Å²) in [6, 6.07) is 14.8. The molecule has 0 aromatic heterocycles. The van der Waals surface area contributed by atoms with Gasteiger partial charge in [0.15, 0.2) is 0 Å². The summed E-state index contributed by atoms with van der Waals surface area (Å²) in [4.78, 5) is 12.6. The van der Waals surface area contributed by atoms with Gasteiger partial charge in [0.05, 0.1) is 16.6 Å². The Hall–Kier alpha value is -1.51. The van der Waals surface area contributed by atoms with E-state index >= 15 is 0 Å². The van der Waals surface area contributed by atoms with Crippen molar-refractivity contribution in [2.24, 2.45) is 5.92 Å². The molecule has 3 rings (SSSR count). The van der Waals surface area contributed by atoms with E-state index in [2.05, 4.69) is 5.32 Å². The zero-order valence-corrected chi connectivity index (χ0v) is 12.9. The van der Waals surface area contributed by atoms with Crippen LogP contribution in [0.1, 0.15) is 24.3 Å². The number of para-hydroxylation sites is 1. The van der Waals surface area contributed by atoms with Crippen LogP contribution in [0.3, 0.4) is 0 Å². The van der Waals surface area contributed by atoms with Gasteiger partial charge < -0.3 is 5.32 Å². The van der Waals surface area contributed by atoms with Gasteiger partial charge in [-0.2, -0.15) is 0 Å². The first-order valence-corrected chi connectivity index (χ1v) is 7.71. The van der Waals surface area contributed by atoms with Crippen LogP contribution in [0.2, 0.25) is 10.0 Å². The SMILES string of the molecule is O=C(Nc1ccccc1Cl)C(c1ccc(Cl)cc1)C1CC1. The molecule has 0 aliphatic heterocycles. The summed E-state index contributed by atoms with van der Waals surface area (Å²) in [5.74, 6) is 0.264. The van der Waals surface area contributed by atoms with E-state index in [1.807, 2.05) is 42.5 Å². The van der Waals surface area contributed by atoms with Crippen molar-refractivity contribution in [1.82, 2.24) is 0 Å². The van der Waals surface area contributed by atoms with E-state index in [9.17, 15) is 4.79 Å². The zero-order valence-electron chi connectivity index (χ0n) is 11.4. The van der Waals surface area contributed by atoms with Crippen LogP contribution in [0.4, 0.5) is 5.69 Å². The summed E-state index contributed by atoms with van der Waals surface area (Å²) in [5.41, 5.74) is 1.66. The van der Waals surface area contributed by atoms with Crippen LogP contribution in [0.25, 0.3) is 0 Å². The lowest BCUT2D eigenvalue weighted by Gasteiger charge is -2.17. The average molecular weight is 320 g/mol. The molecule has 1 unspecified atom stereocenters. The number of hydrogen-bond acceptors (Lipinski definition) is 1. The van der Waals surface area contributed by atoms with E-state index in [1.165, 1.54) is 0 Å². The van der Waals surface area contributed by atoms with Gasteiger partial charge in [-0.05, 0) is 48.6 Å². The van der Waals surface area contributed by atoms with Gasteiger partial charge in [0.25, 0.3) is 0 Å². The maximum absolute atomic E-state index is 12.6. The first kappa shape index (κ1) is 14.4. The number of nitrogens with one attached hydrogen (secondary N) is 1. The Morgan fingerprint density at radius 1 is 1.05 bits per heavy atom. The molecule has 1 saturated carbocycles. The summed E-state index contributed by atoms with van der Waals surface area (Å²) in [5, 5.41) is 4.17. The maximum atomic E-state index is 12.6. The van der Waals surface area contributed by atoms with Crippen molar-refractivity contribution in [3.63, 3.8) is 0 Å². The van der Waals surface area contributed by atoms with Gasteiger partial charge in [-0.25, -0.2) is 0 Å². The van der Waals surface area contributed by atoms with Crippen molar-refractivity contribution < 1.29 is 4.79 Å². The lowest BCUT2D eigenvalue weighted by atomic mass is 9.93. The molecule has 1 aliphatic carbocycles. The molecule has 0 spiro atoms. The maximum Gasteiger partial charge on any atom is 0.232 e. The van der Waals surface area contributed by atoms with E-state index in [1.54, 1.807) is 6.07 Å². The third-order valence-corrected chi connectivity index (χ3v) is 4.32. The average Bonchev–Trinajstić information content (AvgIpc) is 3.29. The number of carbonyl (C=O) groups is 1. The van der Waals surface area contributed by atoms with Crippen molar-refractivity contribution in [2.75, 3.05) is 5.32 Å². The molecular weight excluding hydrogens is 305 g/mol. The largest absolute Gasteiger partial charge is 0.324 e. The van der Waals surface area contributed by atoms with Crippen molar-refractivity contribution >= 4 is 34.8 Å². The van der Waals surface area contributed by atoms with Crippen LogP contribution < -0.4 is 5.32 Å². The molecule has 1 fully saturated rings. The number of amides is 1. The standard InChI is InChI=1S/C17H15Cl2NO/c18-13-9-7-12(8-10-13)16(11-5-6-11)17(21)20-15-4-2-1-3-14(15)19/h1-4,7-11,16H,5-6H2,(H,20,21). The molecule has 2 aromatic rings. The fourth-order valence-electron chi connectivity index (χ4n) is 2.51. The lowest BCUT2D eigenvalue weighted by molar-refractivity contribution is -0.118. The molecule has 1 atom stereocenters. The van der Waals surface area contributed by atoms with Crippen LogP contribution in [-0.4, -0.2) is 5.91 Å². The first-order chi connectivity index (χ1) is 10.1. The van der Waals surface area contributed by atoms with Crippen LogP contribution in [-0.2, 0) is 4.79 Å². The Balaban J connectivity index is 1.83. The first-order valence-electron chi connectivity index (χ1n) is 6.96. The Morgan fingerprint density at radius 2 is 1.71 bits per heavy atom. The molecule has 0 saturated heterocycles. The summed E-state index contributed by atoms with van der Waals surface area (Å²) in [6.45, 7) is 0. The summed E-state index contributed by atoms with van der Waals surface area (Å²) < 4.78 is 0. The Morgan fingerprint density at radius 3 is 2.33 bits per heavy atom. The quantitative estimate of drug-likeness (QED) is 0.832. The second kappa shape index (κ2) is 6.08. The van der Waals surface area contributed by atoms with Gasteiger partial charge in [-0.15, -0.1) is 0 Å². The fraction of sp³-hybridized carbons (Fsp3) is 0.235. The van der Waals surface area contributed by atoms with Gasteiger partial charge in [0, 0.05) is 5.02 Å². The highest BCUT2D eigenvalue weighted by molar-refractivity contribution is 6.33. The van der Waals surface area contributed by atoms with E-state index < -0.39 is 0 Å². The molecule has 1 aliphatic rings. The summed E-state index contributed by atoms with van der Waals surface area (Å²) in [6.07, 6.45) is 2.17. The third-order valence-electron chi connectivity index (χ3n) is 3.74. The summed E-state index contributed by atoms with van der Waals surface area (Å²) in [7, 11) is 0. The van der Waals surface area contributed by atoms with Crippen LogP contribution in [0.5, 0.6) is 0 Å². The number of anilines is 1. The number of rotatable bonds is 4. The highest BCUT2D eigenvalue weighted by Crippen LogP contribution is 2.43. The van der Waals surface area contributed by atoms with Gasteiger partial charge in [0.2, 0.25) is 5.91 Å². The minimum absolute atomic E-state index is 0.00655. The minimum Gasteiger partial charge on any atom is -0.324 e. The normalized spacial score (nSPS) is 15.5. The highest BCUT2D eigenvalue weighted by Gasteiger charge is 2.37. The van der Waals surface area contributed by atoms with Crippen LogP contribution in [0.15, 0.2) is 48.5 Å². The second-order valence-corrected chi connectivity index (χ2v) is 6.18. The number of benzene rings is 2. The molecule has 0 radical (unpaired) electrons. The van der Waals surface area contributed by atoms with Gasteiger partial charge in [0.1, 0.15) is 0 Å². The smallest absolute Gasteiger partial charge is 0.232 e. The van der Waals surface area contributed by atoms with Gasteiger partial charge in [-0.3, -0.25) is 4.79 Å². The van der Waals surface area contributed by atoms with E-state index in [-0.39, 0.29) is 11.8 Å². The Bertz CT molecular complexity index is 650. The van der Waals surface area contributed by atoms with Crippen LogP contribution >= 0.6 is 23.2 Å². The molecule has 1 N–H and O–H groups in total. The third kappa shape index (κ3) is 3.39. The van der Waals surface area contributed by atoms with Crippen molar-refractivity contribution in [2.45, 2.75) is 18.8 Å². The predicted octanol–water partition coefficient (Wildman–Crippen LogP) is 5.13. The van der Waals surface area contributed by atoms with E-state index in [4.69, 9.17) is 23.2 Å². The summed E-state index contributed by atoms with van der Waals surface area (Å²) >= 11 is 12.0. The van der Waals surface area contributed by atoms with Gasteiger partial charge >= 0.3 is 0 Å². The van der Waals surface area contributed by atoms with Gasteiger partial charge in [-0.1, -0.05) is 47.5 Å². The molecular formula is C17H15Cl2NO. The molecule has 0 bridgehead atoms. The molecule has 0 heterocycles. The Kier molecular flexibility index (Phi) is 4.18. The minimum atomic E-state index is -0.140. The topological polar surface area (TPSA) is 29.1 Å². The molecule has 4 heteroatoms. The Labute approximate surface area is 134 Å². The molecule has 108 valence electrons. The van der Waals surface area contributed by atoms with Crippen LogP contribution in [0, 0.1) is 5.92 Å². The predicted molar refractivity (Wildman–Crippen MR) is 87.0 cm³/mol. The fourth-order valence-corrected chi connectivity index (χ4v) is 2.82. The molecule has 1 amide bonds. The molecule has 2 nitrogen and oxygen atoms in total. The van der Waals surface area contributed by atoms with Crippen molar-refractivity contribution in [3.8, 4) is 0 Å². The molecule has 2 aromatic carbocycles. The number of hydrogen-bond donors (Lipinski definition) is 1. The lowest BCUT2D eigenvalue weighted by Crippen LogP contribution is -2.22. The van der Waals surface area contributed by atoms with E-state index in [0.29, 0.717) is 21.7 Å². The monoisotopic (exact) mass is 319 g/mol.